The van der Waals surface area contributed by atoms with Crippen molar-refractivity contribution in [2.24, 2.45) is 0 Å². The van der Waals surface area contributed by atoms with Gasteiger partial charge >= 0.3 is 11.8 Å². The van der Waals surface area contributed by atoms with Crippen LogP contribution in [-0.4, -0.2) is 35.0 Å². The van der Waals surface area contributed by atoms with Gasteiger partial charge < -0.3 is 15.2 Å². The van der Waals surface area contributed by atoms with Gasteiger partial charge in [-0.25, -0.2) is 0 Å². The molecule has 0 radical (unpaired) electrons. The van der Waals surface area contributed by atoms with Crippen LogP contribution in [0.5, 0.6) is 0 Å². The van der Waals surface area contributed by atoms with Gasteiger partial charge in [0.15, 0.2) is 0 Å². The lowest BCUT2D eigenvalue weighted by molar-refractivity contribution is 0.0898. The van der Waals surface area contributed by atoms with E-state index < -0.39 is 5.91 Å². The van der Waals surface area contributed by atoms with E-state index >= 15 is 0 Å². The summed E-state index contributed by atoms with van der Waals surface area (Å²) in [4.78, 5) is 28.1. The minimum atomic E-state index is -0.551. The summed E-state index contributed by atoms with van der Waals surface area (Å²) >= 11 is 17.6. The summed E-state index contributed by atoms with van der Waals surface area (Å²) in [6.45, 7) is 0.362. The van der Waals surface area contributed by atoms with Gasteiger partial charge in [-0.3, -0.25) is 9.59 Å². The van der Waals surface area contributed by atoms with Gasteiger partial charge in [0, 0.05) is 29.2 Å². The van der Waals surface area contributed by atoms with E-state index in [2.05, 4.69) is 20.8 Å². The molecule has 144 valence electrons. The molecule has 3 rings (SSSR count). The molecule has 2 N–H and O–H groups in total. The fourth-order valence-electron chi connectivity index (χ4n) is 2.23. The van der Waals surface area contributed by atoms with Crippen LogP contribution in [0.1, 0.15) is 21.0 Å². The molecule has 10 heteroatoms. The third kappa shape index (κ3) is 5.01. The van der Waals surface area contributed by atoms with Gasteiger partial charge in [0.05, 0.1) is 10.0 Å². The molecule has 0 spiro atoms. The predicted octanol–water partition coefficient (Wildman–Crippen LogP) is 3.86. The largest absolute Gasteiger partial charge is 0.350 e. The van der Waals surface area contributed by atoms with Crippen molar-refractivity contribution < 1.29 is 14.1 Å². The third-order valence-electron chi connectivity index (χ3n) is 3.58. The maximum atomic E-state index is 12.1. The Kier molecular flexibility index (Phi) is 6.51. The van der Waals surface area contributed by atoms with Gasteiger partial charge in [0.2, 0.25) is 5.82 Å². The number of rotatable bonds is 6. The number of aromatic nitrogens is 2. The van der Waals surface area contributed by atoms with Gasteiger partial charge in [-0.2, -0.15) is 4.98 Å². The summed E-state index contributed by atoms with van der Waals surface area (Å²) in [6, 6.07) is 11.4. The number of amides is 2. The van der Waals surface area contributed by atoms with Gasteiger partial charge in [-0.1, -0.05) is 52.1 Å². The average Bonchev–Trinajstić information content (AvgIpc) is 3.17. The van der Waals surface area contributed by atoms with E-state index in [9.17, 15) is 9.59 Å². The fraction of sp³-hybridized carbons (Fsp3) is 0.111. The summed E-state index contributed by atoms with van der Waals surface area (Å²) in [5.74, 6) is -0.829. The molecule has 7 nitrogen and oxygen atoms in total. The first kappa shape index (κ1) is 20.1. The Balaban J connectivity index is 1.49. The third-order valence-corrected chi connectivity index (χ3v) is 4.56. The lowest BCUT2D eigenvalue weighted by atomic mass is 10.2. The Morgan fingerprint density at radius 1 is 0.929 bits per heavy atom. The predicted molar refractivity (Wildman–Crippen MR) is 106 cm³/mol. The molecule has 1 aromatic heterocycles. The summed E-state index contributed by atoms with van der Waals surface area (Å²) in [6.07, 6.45) is 0. The van der Waals surface area contributed by atoms with Crippen LogP contribution in [-0.2, 0) is 0 Å². The molecule has 28 heavy (non-hydrogen) atoms. The first-order valence-electron chi connectivity index (χ1n) is 8.05. The van der Waals surface area contributed by atoms with Crippen molar-refractivity contribution in [2.75, 3.05) is 13.1 Å². The van der Waals surface area contributed by atoms with Gasteiger partial charge in [0.1, 0.15) is 0 Å². The maximum Gasteiger partial charge on any atom is 0.316 e. The maximum absolute atomic E-state index is 12.1. The van der Waals surface area contributed by atoms with Crippen LogP contribution in [0.3, 0.4) is 0 Å². The summed E-state index contributed by atoms with van der Waals surface area (Å²) in [5.41, 5.74) is 0.994. The van der Waals surface area contributed by atoms with Crippen LogP contribution >= 0.6 is 34.8 Å². The van der Waals surface area contributed by atoms with Gasteiger partial charge in [-0.15, -0.1) is 0 Å². The second-order valence-corrected chi connectivity index (χ2v) is 6.83. The minimum absolute atomic E-state index is 0.167. The molecule has 0 saturated carbocycles. The topological polar surface area (TPSA) is 97.1 Å². The van der Waals surface area contributed by atoms with Crippen LogP contribution in [0.2, 0.25) is 15.1 Å². The molecule has 2 aromatic carbocycles. The van der Waals surface area contributed by atoms with Crippen molar-refractivity contribution in [3.8, 4) is 11.4 Å². The molecular weight excluding hydrogens is 427 g/mol. The lowest BCUT2D eigenvalue weighted by Gasteiger charge is -2.06. The molecule has 0 fully saturated rings. The number of carbonyl (C=O) groups excluding carboxylic acids is 2. The molecule has 3 aromatic rings. The Morgan fingerprint density at radius 2 is 1.68 bits per heavy atom. The SMILES string of the molecule is O=C(NCCNC(=O)c1nc(-c2cccc(Cl)c2)no1)c1ccc(Cl)c(Cl)c1. The van der Waals surface area contributed by atoms with E-state index in [0.717, 1.165) is 0 Å². The first-order valence-corrected chi connectivity index (χ1v) is 9.18. The number of hydrogen-bond donors (Lipinski definition) is 2. The summed E-state index contributed by atoms with van der Waals surface area (Å²) in [7, 11) is 0. The number of halogens is 3. The molecule has 0 aliphatic heterocycles. The fourth-order valence-corrected chi connectivity index (χ4v) is 2.72. The van der Waals surface area contributed by atoms with Crippen molar-refractivity contribution in [2.45, 2.75) is 0 Å². The second-order valence-electron chi connectivity index (χ2n) is 5.57. The average molecular weight is 440 g/mol. The van der Waals surface area contributed by atoms with Gasteiger partial charge in [-0.05, 0) is 30.3 Å². The summed E-state index contributed by atoms with van der Waals surface area (Å²) in [5, 5.41) is 10.2. The number of benzene rings is 2. The van der Waals surface area contributed by atoms with Crippen LogP contribution < -0.4 is 10.6 Å². The Morgan fingerprint density at radius 3 is 2.39 bits per heavy atom. The van der Waals surface area contributed by atoms with E-state index in [1.165, 1.54) is 12.1 Å². The van der Waals surface area contributed by atoms with Crippen molar-refractivity contribution in [3.63, 3.8) is 0 Å². The molecule has 0 atom stereocenters. The first-order chi connectivity index (χ1) is 13.4. The van der Waals surface area contributed by atoms with Crippen LogP contribution in [0, 0.1) is 0 Å². The molecule has 1 heterocycles. The Hall–Kier alpha value is -2.61. The van der Waals surface area contributed by atoms with Crippen molar-refractivity contribution in [1.29, 1.82) is 0 Å². The van der Waals surface area contributed by atoms with Crippen molar-refractivity contribution in [1.82, 2.24) is 20.8 Å². The number of carbonyl (C=O) groups is 2. The van der Waals surface area contributed by atoms with Crippen molar-refractivity contribution >= 4 is 46.6 Å². The monoisotopic (exact) mass is 438 g/mol. The number of hydrogen-bond acceptors (Lipinski definition) is 5. The zero-order valence-corrected chi connectivity index (χ0v) is 16.5. The molecule has 0 bridgehead atoms. The second kappa shape index (κ2) is 9.05. The molecule has 0 aliphatic carbocycles. The molecule has 2 amide bonds. The van der Waals surface area contributed by atoms with E-state index in [0.29, 0.717) is 21.2 Å². The highest BCUT2D eigenvalue weighted by atomic mass is 35.5. The molecular formula is C18H13Cl3N4O3. The number of nitrogens with zero attached hydrogens (tertiary/aromatic N) is 2. The van der Waals surface area contributed by atoms with Gasteiger partial charge in [0.25, 0.3) is 5.91 Å². The number of nitrogens with one attached hydrogen (secondary N) is 2. The highest BCUT2D eigenvalue weighted by Crippen LogP contribution is 2.22. The zero-order valence-electron chi connectivity index (χ0n) is 14.2. The Labute approximate surface area is 175 Å². The van der Waals surface area contributed by atoms with E-state index in [1.807, 2.05) is 0 Å². The van der Waals surface area contributed by atoms with E-state index in [1.54, 1.807) is 30.3 Å². The Bertz CT molecular complexity index is 1020. The smallest absolute Gasteiger partial charge is 0.316 e. The lowest BCUT2D eigenvalue weighted by Crippen LogP contribution is -2.34. The highest BCUT2D eigenvalue weighted by Gasteiger charge is 2.16. The van der Waals surface area contributed by atoms with Crippen LogP contribution in [0.15, 0.2) is 47.0 Å². The standard InChI is InChI=1S/C18H13Cl3N4O3/c19-12-3-1-2-10(8-12)15-24-18(28-25-15)17(27)23-7-6-22-16(26)11-4-5-13(20)14(21)9-11/h1-5,8-9H,6-7H2,(H,22,26)(H,23,27). The van der Waals surface area contributed by atoms with Crippen LogP contribution in [0.4, 0.5) is 0 Å². The molecule has 0 unspecified atom stereocenters. The van der Waals surface area contributed by atoms with Crippen LogP contribution in [0.25, 0.3) is 11.4 Å². The summed E-state index contributed by atoms with van der Waals surface area (Å²) < 4.78 is 4.96. The normalized spacial score (nSPS) is 10.5. The minimum Gasteiger partial charge on any atom is -0.350 e. The molecule has 0 aliphatic rings. The van der Waals surface area contributed by atoms with E-state index in [-0.39, 0.29) is 35.7 Å². The zero-order chi connectivity index (χ0) is 20.1. The highest BCUT2D eigenvalue weighted by molar-refractivity contribution is 6.42. The quantitative estimate of drug-likeness (QED) is 0.569. The van der Waals surface area contributed by atoms with Crippen molar-refractivity contribution in [3.05, 3.63) is 69.0 Å². The molecule has 0 saturated heterocycles. The van der Waals surface area contributed by atoms with E-state index in [4.69, 9.17) is 39.3 Å².